The zero-order chi connectivity index (χ0) is 16.4. The first-order chi connectivity index (χ1) is 10.6. The molecular weight excluding hydrogens is 544 g/mol. The Morgan fingerprint density at radius 2 is 1.96 bits per heavy atom. The minimum atomic E-state index is -0.670. The Kier molecular flexibility index (Phi) is 12.5. The van der Waals surface area contributed by atoms with E-state index in [4.69, 9.17) is 25.8 Å². The third kappa shape index (κ3) is 8.74. The first-order valence-electron chi connectivity index (χ1n) is 7.13. The van der Waals surface area contributed by atoms with Gasteiger partial charge < -0.3 is 26.0 Å². The van der Waals surface area contributed by atoms with Gasteiger partial charge in [0.05, 0.1) is 6.61 Å². The molecule has 1 rings (SSSR count). The van der Waals surface area contributed by atoms with E-state index in [-0.39, 0.29) is 37.7 Å². The van der Waals surface area contributed by atoms with Crippen LogP contribution >= 0.6 is 11.6 Å². The predicted octanol–water partition coefficient (Wildman–Crippen LogP) is 3.53. The number of rotatable bonds is 9. The van der Waals surface area contributed by atoms with Crippen molar-refractivity contribution in [1.82, 2.24) is 4.90 Å². The quantitative estimate of drug-likeness (QED) is 0.261. The molecule has 1 aromatic rings. The molecule has 5 nitrogen and oxygen atoms in total. The van der Waals surface area contributed by atoms with Crippen LogP contribution in [0.5, 0.6) is 11.5 Å². The molecule has 1 aromatic carbocycles. The van der Waals surface area contributed by atoms with Crippen LogP contribution < -0.4 is 9.47 Å². The number of halogens is 1. The van der Waals surface area contributed by atoms with Crippen molar-refractivity contribution in [1.29, 1.82) is 0 Å². The third-order valence-electron chi connectivity index (χ3n) is 2.65. The zero-order valence-corrected chi connectivity index (χ0v) is 18.4. The molecular formula is C16H22ClNO4U. The Bertz CT molecular complexity index is 459. The predicted molar refractivity (Wildman–Crippen MR) is 86.1 cm³/mol. The van der Waals surface area contributed by atoms with Crippen molar-refractivity contribution in [2.75, 3.05) is 26.3 Å². The second kappa shape index (κ2) is 12.8. The summed E-state index contributed by atoms with van der Waals surface area (Å²) in [5.74, 6) is 1.36. The van der Waals surface area contributed by atoms with Gasteiger partial charge in [-0.15, -0.1) is 13.1 Å². The van der Waals surface area contributed by atoms with Gasteiger partial charge in [0.1, 0.15) is 0 Å². The van der Waals surface area contributed by atoms with E-state index < -0.39 is 11.7 Å². The molecule has 126 valence electrons. The SMILES string of the molecule is [CH2-]CN(C[CH-]COc1ccccc1OCC)C(=O)OC(C)Cl.[U+2]. The molecule has 0 aromatic heterocycles. The van der Waals surface area contributed by atoms with Crippen LogP contribution in [0.4, 0.5) is 4.79 Å². The Morgan fingerprint density at radius 3 is 2.48 bits per heavy atom. The molecule has 1 unspecified atom stereocenters. The topological polar surface area (TPSA) is 48.0 Å². The van der Waals surface area contributed by atoms with Gasteiger partial charge in [-0.05, 0) is 32.6 Å². The summed E-state index contributed by atoms with van der Waals surface area (Å²) in [6, 6.07) is 7.44. The third-order valence-corrected chi connectivity index (χ3v) is 2.74. The van der Waals surface area contributed by atoms with E-state index in [9.17, 15) is 4.79 Å². The summed E-state index contributed by atoms with van der Waals surface area (Å²) in [6.45, 7) is 8.75. The van der Waals surface area contributed by atoms with Gasteiger partial charge in [0, 0.05) is 0 Å². The number of carbonyl (C=O) groups is 1. The fourth-order valence-electron chi connectivity index (χ4n) is 1.67. The van der Waals surface area contributed by atoms with Crippen LogP contribution in [0.25, 0.3) is 0 Å². The molecule has 0 bridgehead atoms. The first kappa shape index (κ1) is 22.4. The van der Waals surface area contributed by atoms with Gasteiger partial charge in [-0.3, -0.25) is 6.42 Å². The van der Waals surface area contributed by atoms with Crippen LogP contribution in [0.15, 0.2) is 24.3 Å². The summed E-state index contributed by atoms with van der Waals surface area (Å²) in [5, 5.41) is 0. The molecule has 0 aliphatic heterocycles. The van der Waals surface area contributed by atoms with Crippen molar-refractivity contribution in [3.63, 3.8) is 0 Å². The molecule has 0 fully saturated rings. The van der Waals surface area contributed by atoms with Gasteiger partial charge >= 0.3 is 37.2 Å². The van der Waals surface area contributed by atoms with Gasteiger partial charge in [-0.25, -0.2) is 4.79 Å². The molecule has 0 heterocycles. The maximum atomic E-state index is 11.7. The van der Waals surface area contributed by atoms with Crippen LogP contribution in [-0.4, -0.2) is 42.9 Å². The van der Waals surface area contributed by atoms with Crippen molar-refractivity contribution in [2.24, 2.45) is 0 Å². The Labute approximate surface area is 167 Å². The van der Waals surface area contributed by atoms with E-state index in [0.717, 1.165) is 0 Å². The number of amides is 1. The summed E-state index contributed by atoms with van der Waals surface area (Å²) in [6.07, 6.45) is 1.32. The molecule has 7 heteroatoms. The first-order valence-corrected chi connectivity index (χ1v) is 7.57. The standard InChI is InChI=1S/C16H22ClNO4.U/c1-4-18(16(19)22-13(3)17)11-8-12-21-15-10-7-6-9-14(15)20-5-2;/h6-10,13H,1,4-5,11-12H2,2-3H3;/q-2;+2. The zero-order valence-electron chi connectivity index (χ0n) is 13.5. The number of benzene rings is 1. The van der Waals surface area contributed by atoms with Crippen molar-refractivity contribution < 1.29 is 50.1 Å². The molecule has 1 amide bonds. The van der Waals surface area contributed by atoms with Crippen molar-refractivity contribution in [3.05, 3.63) is 37.6 Å². The maximum absolute atomic E-state index is 11.7. The van der Waals surface area contributed by atoms with Gasteiger partial charge in [-0.2, -0.15) is 0 Å². The number of hydrogen-bond acceptors (Lipinski definition) is 4. The van der Waals surface area contributed by atoms with Crippen LogP contribution in [0.3, 0.4) is 0 Å². The number of hydrogen-bond donors (Lipinski definition) is 0. The number of carbonyl (C=O) groups excluding carboxylic acids is 1. The van der Waals surface area contributed by atoms with Crippen LogP contribution in [0, 0.1) is 44.5 Å². The average Bonchev–Trinajstić information content (AvgIpc) is 2.48. The smallest absolute Gasteiger partial charge is 0.522 e. The number of alkyl halides is 1. The second-order valence-electron chi connectivity index (χ2n) is 4.35. The van der Waals surface area contributed by atoms with E-state index >= 15 is 0 Å². The van der Waals surface area contributed by atoms with E-state index in [1.54, 1.807) is 6.92 Å². The summed E-state index contributed by atoms with van der Waals surface area (Å²) < 4.78 is 16.0. The van der Waals surface area contributed by atoms with Gasteiger partial charge in [0.25, 0.3) is 0 Å². The second-order valence-corrected chi connectivity index (χ2v) is 4.97. The summed E-state index contributed by atoms with van der Waals surface area (Å²) >= 11 is 5.62. The van der Waals surface area contributed by atoms with Crippen molar-refractivity contribution >= 4 is 17.7 Å². The average molecular weight is 566 g/mol. The summed E-state index contributed by atoms with van der Waals surface area (Å²) in [5.41, 5.74) is -0.670. The van der Waals surface area contributed by atoms with Crippen molar-refractivity contribution in [3.8, 4) is 11.5 Å². The molecule has 0 aliphatic rings. The van der Waals surface area contributed by atoms with Crippen LogP contribution in [0.2, 0.25) is 0 Å². The van der Waals surface area contributed by atoms with Crippen LogP contribution in [-0.2, 0) is 4.74 Å². The molecule has 0 N–H and O–H groups in total. The fraction of sp³-hybridized carbons (Fsp3) is 0.438. The minimum Gasteiger partial charge on any atom is -0.522 e. The van der Waals surface area contributed by atoms with E-state index in [0.29, 0.717) is 31.3 Å². The van der Waals surface area contributed by atoms with Gasteiger partial charge in [0.15, 0.2) is 17.1 Å². The maximum Gasteiger partial charge on any atom is 2.00 e. The number of para-hydroxylation sites is 2. The van der Waals surface area contributed by atoms with Gasteiger partial charge in [0.2, 0.25) is 0 Å². The molecule has 0 spiro atoms. The number of nitrogens with zero attached hydrogens (tertiary/aromatic N) is 1. The van der Waals surface area contributed by atoms with E-state index in [2.05, 4.69) is 6.92 Å². The minimum absolute atomic E-state index is 0. The Hall–Kier alpha value is -0.568. The molecule has 0 saturated carbocycles. The Balaban J connectivity index is 0.00000484. The molecule has 1 atom stereocenters. The largest absolute Gasteiger partial charge is 2.00 e. The normalized spacial score (nSPS) is 11.1. The van der Waals surface area contributed by atoms with Crippen molar-refractivity contribution in [2.45, 2.75) is 19.4 Å². The molecule has 0 saturated heterocycles. The van der Waals surface area contributed by atoms with Crippen LogP contribution in [0.1, 0.15) is 13.8 Å². The monoisotopic (exact) mass is 565 g/mol. The summed E-state index contributed by atoms with van der Waals surface area (Å²) in [4.78, 5) is 13.1. The fourth-order valence-corrected chi connectivity index (χ4v) is 1.75. The summed E-state index contributed by atoms with van der Waals surface area (Å²) in [7, 11) is 0. The van der Waals surface area contributed by atoms with E-state index in [1.807, 2.05) is 37.6 Å². The van der Waals surface area contributed by atoms with E-state index in [1.165, 1.54) is 4.90 Å². The van der Waals surface area contributed by atoms with Gasteiger partial charge in [-0.1, -0.05) is 23.7 Å². The molecule has 0 radical (unpaired) electrons. The Morgan fingerprint density at radius 1 is 1.35 bits per heavy atom. The number of ether oxygens (including phenoxy) is 3. The molecule has 23 heavy (non-hydrogen) atoms. The molecule has 0 aliphatic carbocycles.